The fourth-order valence-electron chi connectivity index (χ4n) is 2.79. The number of nitrogens with one attached hydrogen (secondary N) is 1. The lowest BCUT2D eigenvalue weighted by molar-refractivity contribution is -0.139. The third-order valence-electron chi connectivity index (χ3n) is 3.77. The van der Waals surface area contributed by atoms with Crippen molar-refractivity contribution in [3.05, 3.63) is 29.8 Å². The van der Waals surface area contributed by atoms with Gasteiger partial charge in [-0.2, -0.15) is 0 Å². The van der Waals surface area contributed by atoms with Crippen molar-refractivity contribution in [2.75, 3.05) is 25.0 Å². The summed E-state index contributed by atoms with van der Waals surface area (Å²) in [7, 11) is 1.70. The molecule has 0 aromatic heterocycles. The van der Waals surface area contributed by atoms with Crippen molar-refractivity contribution < 1.29 is 9.90 Å². The number of carboxylic acid groups (broad SMARTS) is 1. The first-order chi connectivity index (χ1) is 9.11. The molecular weight excluding hydrogens is 240 g/mol. The van der Waals surface area contributed by atoms with Crippen LogP contribution in [0.15, 0.2) is 24.3 Å². The number of fused-ring (bicyclic) bond motifs is 1. The summed E-state index contributed by atoms with van der Waals surface area (Å²) < 4.78 is 0. The van der Waals surface area contributed by atoms with Gasteiger partial charge < -0.3 is 15.3 Å². The number of benzene rings is 1. The van der Waals surface area contributed by atoms with Gasteiger partial charge in [-0.3, -0.25) is 4.79 Å². The van der Waals surface area contributed by atoms with E-state index >= 15 is 0 Å². The first-order valence-corrected chi connectivity index (χ1v) is 6.84. The fraction of sp³-hybridized carbons (Fsp3) is 0.533. The Balaban J connectivity index is 2.06. The van der Waals surface area contributed by atoms with Crippen molar-refractivity contribution >= 4 is 11.7 Å². The van der Waals surface area contributed by atoms with Gasteiger partial charge in [-0.05, 0) is 37.4 Å². The molecule has 0 aliphatic carbocycles. The number of hydrogen-bond acceptors (Lipinski definition) is 3. The zero-order valence-electron chi connectivity index (χ0n) is 11.6. The molecule has 1 aliphatic rings. The maximum Gasteiger partial charge on any atom is 0.320 e. The van der Waals surface area contributed by atoms with E-state index in [0.29, 0.717) is 12.3 Å². The third kappa shape index (κ3) is 3.26. The average molecular weight is 262 g/mol. The van der Waals surface area contributed by atoms with Gasteiger partial charge in [-0.25, -0.2) is 0 Å². The van der Waals surface area contributed by atoms with E-state index in [-0.39, 0.29) is 0 Å². The number of anilines is 1. The summed E-state index contributed by atoms with van der Waals surface area (Å²) in [5.41, 5.74) is 2.64. The van der Waals surface area contributed by atoms with Gasteiger partial charge in [0.2, 0.25) is 0 Å². The molecule has 0 saturated carbocycles. The monoisotopic (exact) mass is 262 g/mol. The minimum absolute atomic E-state index is 0.468. The molecule has 0 bridgehead atoms. The second kappa shape index (κ2) is 6.06. The molecule has 2 unspecified atom stereocenters. The van der Waals surface area contributed by atoms with Gasteiger partial charge in [0.05, 0.1) is 0 Å². The molecule has 4 nitrogen and oxygen atoms in total. The van der Waals surface area contributed by atoms with Crippen molar-refractivity contribution in [1.29, 1.82) is 0 Å². The molecule has 0 spiro atoms. The summed E-state index contributed by atoms with van der Waals surface area (Å²) in [6.45, 7) is 4.03. The number of carbonyl (C=O) groups is 1. The van der Waals surface area contributed by atoms with Crippen LogP contribution in [0.3, 0.4) is 0 Å². The van der Waals surface area contributed by atoms with Crippen LogP contribution in [0.2, 0.25) is 0 Å². The first kappa shape index (κ1) is 13.9. The standard InChI is InChI=1S/C15H22N2O2/c1-11-9-12-5-3-4-6-14(12)17(10-11)8-7-13(16-2)15(18)19/h3-6,11,13,16H,7-10H2,1-2H3,(H,18,19). The fourth-order valence-corrected chi connectivity index (χ4v) is 2.79. The summed E-state index contributed by atoms with van der Waals surface area (Å²) in [6, 6.07) is 7.96. The van der Waals surface area contributed by atoms with Crippen molar-refractivity contribution in [3.8, 4) is 0 Å². The van der Waals surface area contributed by atoms with Crippen molar-refractivity contribution in [1.82, 2.24) is 5.32 Å². The van der Waals surface area contributed by atoms with Gasteiger partial charge in [0, 0.05) is 18.8 Å². The van der Waals surface area contributed by atoms with E-state index in [4.69, 9.17) is 5.11 Å². The number of nitrogens with zero attached hydrogens (tertiary/aromatic N) is 1. The largest absolute Gasteiger partial charge is 0.480 e. The molecule has 104 valence electrons. The molecule has 0 fully saturated rings. The molecule has 1 aliphatic heterocycles. The molecule has 4 heteroatoms. The van der Waals surface area contributed by atoms with Crippen LogP contribution in [0.25, 0.3) is 0 Å². The molecule has 1 aromatic rings. The van der Waals surface area contributed by atoms with Gasteiger partial charge >= 0.3 is 5.97 Å². The highest BCUT2D eigenvalue weighted by Gasteiger charge is 2.23. The summed E-state index contributed by atoms with van der Waals surface area (Å²) in [6.07, 6.45) is 1.73. The summed E-state index contributed by atoms with van der Waals surface area (Å²) in [5, 5.41) is 11.9. The normalized spacial score (nSPS) is 19.9. The quantitative estimate of drug-likeness (QED) is 0.849. The van der Waals surface area contributed by atoms with Crippen LogP contribution in [-0.4, -0.2) is 37.3 Å². The lowest BCUT2D eigenvalue weighted by Gasteiger charge is -2.35. The minimum Gasteiger partial charge on any atom is -0.480 e. The second-order valence-electron chi connectivity index (χ2n) is 5.35. The molecule has 1 aromatic carbocycles. The van der Waals surface area contributed by atoms with Crippen LogP contribution in [0, 0.1) is 5.92 Å². The highest BCUT2D eigenvalue weighted by atomic mass is 16.4. The van der Waals surface area contributed by atoms with E-state index in [1.807, 2.05) is 0 Å². The Hall–Kier alpha value is -1.55. The number of hydrogen-bond donors (Lipinski definition) is 2. The van der Waals surface area contributed by atoms with Crippen LogP contribution in [-0.2, 0) is 11.2 Å². The van der Waals surface area contributed by atoms with Crippen LogP contribution in [0.5, 0.6) is 0 Å². The lowest BCUT2D eigenvalue weighted by Crippen LogP contribution is -2.40. The smallest absolute Gasteiger partial charge is 0.320 e. The molecule has 19 heavy (non-hydrogen) atoms. The molecule has 0 amide bonds. The Kier molecular flexibility index (Phi) is 4.43. The first-order valence-electron chi connectivity index (χ1n) is 6.84. The summed E-state index contributed by atoms with van der Waals surface area (Å²) in [5.74, 6) is -0.159. The highest BCUT2D eigenvalue weighted by Crippen LogP contribution is 2.29. The predicted molar refractivity (Wildman–Crippen MR) is 76.6 cm³/mol. The summed E-state index contributed by atoms with van der Waals surface area (Å²) >= 11 is 0. The zero-order chi connectivity index (χ0) is 13.8. The molecule has 0 radical (unpaired) electrons. The third-order valence-corrected chi connectivity index (χ3v) is 3.77. The molecule has 2 rings (SSSR count). The number of rotatable bonds is 5. The van der Waals surface area contributed by atoms with E-state index in [1.54, 1.807) is 7.05 Å². The summed E-state index contributed by atoms with van der Waals surface area (Å²) in [4.78, 5) is 13.3. The number of carboxylic acids is 1. The Morgan fingerprint density at radius 3 is 2.95 bits per heavy atom. The van der Waals surface area contributed by atoms with Crippen molar-refractivity contribution in [2.24, 2.45) is 5.92 Å². The predicted octanol–water partition coefficient (Wildman–Crippen LogP) is 1.75. The SMILES string of the molecule is CNC(CCN1CC(C)Cc2ccccc21)C(=O)O. The van der Waals surface area contributed by atoms with Crippen molar-refractivity contribution in [2.45, 2.75) is 25.8 Å². The van der Waals surface area contributed by atoms with Crippen molar-refractivity contribution in [3.63, 3.8) is 0 Å². The lowest BCUT2D eigenvalue weighted by atomic mass is 9.93. The van der Waals surface area contributed by atoms with Gasteiger partial charge in [0.25, 0.3) is 0 Å². The Labute approximate surface area is 114 Å². The van der Waals surface area contributed by atoms with E-state index in [2.05, 4.69) is 41.4 Å². The minimum atomic E-state index is -0.777. The van der Waals surface area contributed by atoms with Crippen LogP contribution in [0.4, 0.5) is 5.69 Å². The second-order valence-corrected chi connectivity index (χ2v) is 5.35. The molecule has 1 heterocycles. The zero-order valence-corrected chi connectivity index (χ0v) is 11.6. The maximum atomic E-state index is 11.0. The molecular formula is C15H22N2O2. The number of likely N-dealkylation sites (N-methyl/N-ethyl adjacent to an activating group) is 1. The van der Waals surface area contributed by atoms with Gasteiger partial charge in [0.15, 0.2) is 0 Å². The van der Waals surface area contributed by atoms with Gasteiger partial charge in [-0.15, -0.1) is 0 Å². The number of aliphatic carboxylic acids is 1. The van der Waals surface area contributed by atoms with Crippen LogP contribution in [0.1, 0.15) is 18.9 Å². The van der Waals surface area contributed by atoms with E-state index in [1.165, 1.54) is 11.3 Å². The van der Waals surface area contributed by atoms with Crippen LogP contribution < -0.4 is 10.2 Å². The van der Waals surface area contributed by atoms with E-state index in [9.17, 15) is 4.79 Å². The average Bonchev–Trinajstić information content (AvgIpc) is 2.38. The molecule has 2 N–H and O–H groups in total. The van der Waals surface area contributed by atoms with E-state index < -0.39 is 12.0 Å². The van der Waals surface area contributed by atoms with Gasteiger partial charge in [0.1, 0.15) is 6.04 Å². The Morgan fingerprint density at radius 2 is 2.26 bits per heavy atom. The van der Waals surface area contributed by atoms with Crippen LogP contribution >= 0.6 is 0 Å². The maximum absolute atomic E-state index is 11.0. The Morgan fingerprint density at radius 1 is 1.53 bits per heavy atom. The number of para-hydroxylation sites is 1. The van der Waals surface area contributed by atoms with Gasteiger partial charge in [-0.1, -0.05) is 25.1 Å². The highest BCUT2D eigenvalue weighted by molar-refractivity contribution is 5.73. The van der Waals surface area contributed by atoms with E-state index in [0.717, 1.165) is 19.5 Å². The molecule has 0 saturated heterocycles. The topological polar surface area (TPSA) is 52.6 Å². The molecule has 2 atom stereocenters. The Bertz CT molecular complexity index is 448.